The Morgan fingerprint density at radius 3 is 2.05 bits per heavy atom. The van der Waals surface area contributed by atoms with Gasteiger partial charge in [-0.2, -0.15) is 0 Å². The lowest BCUT2D eigenvalue weighted by Crippen LogP contribution is -2.29. The molecule has 0 aliphatic heterocycles. The number of nitrogens with zero attached hydrogens (tertiary/aromatic N) is 1. The molecule has 0 radical (unpaired) electrons. The average Bonchev–Trinajstić information content (AvgIpc) is 2.34. The molecule has 0 atom stereocenters. The monoisotopic (exact) mass is 306 g/mol. The van der Waals surface area contributed by atoms with Crippen LogP contribution in [0, 0.1) is 0 Å². The van der Waals surface area contributed by atoms with Gasteiger partial charge in [-0.25, -0.2) is 22.0 Å². The van der Waals surface area contributed by atoms with Crippen molar-refractivity contribution in [2.45, 2.75) is 24.7 Å². The van der Waals surface area contributed by atoms with Gasteiger partial charge in [-0.3, -0.25) is 4.31 Å². The topological polar surface area (TPSA) is 97.5 Å². The Morgan fingerprint density at radius 1 is 1.11 bits per heavy atom. The largest absolute Gasteiger partial charge is 0.273 e. The highest BCUT2D eigenvalue weighted by molar-refractivity contribution is 7.92. The first kappa shape index (κ1) is 15.9. The van der Waals surface area contributed by atoms with Crippen LogP contribution in [0.4, 0.5) is 5.69 Å². The Kier molecular flexibility index (Phi) is 4.94. The standard InChI is InChI=1S/C11H18N2O4S2/c1-3-4-9-18(14,15)13(2)10-5-7-11(8-6-10)19(12,16)17/h5-8H,3-4,9H2,1-2H3,(H2,12,16,17). The lowest BCUT2D eigenvalue weighted by Gasteiger charge is -2.19. The third-order valence-electron chi connectivity index (χ3n) is 2.70. The van der Waals surface area contributed by atoms with Crippen LogP contribution in [0.25, 0.3) is 0 Å². The summed E-state index contributed by atoms with van der Waals surface area (Å²) < 4.78 is 47.3. The molecule has 2 N–H and O–H groups in total. The van der Waals surface area contributed by atoms with E-state index in [4.69, 9.17) is 5.14 Å². The second-order valence-corrected chi connectivity index (χ2v) is 7.86. The zero-order valence-electron chi connectivity index (χ0n) is 10.9. The molecule has 0 heterocycles. The van der Waals surface area contributed by atoms with E-state index in [9.17, 15) is 16.8 Å². The van der Waals surface area contributed by atoms with Crippen molar-refractivity contribution in [2.24, 2.45) is 5.14 Å². The van der Waals surface area contributed by atoms with Gasteiger partial charge >= 0.3 is 0 Å². The van der Waals surface area contributed by atoms with E-state index in [0.29, 0.717) is 12.1 Å². The summed E-state index contributed by atoms with van der Waals surface area (Å²) in [6.07, 6.45) is 1.37. The second kappa shape index (κ2) is 5.89. The van der Waals surface area contributed by atoms with E-state index in [-0.39, 0.29) is 10.6 Å². The first-order valence-electron chi connectivity index (χ1n) is 5.78. The molecule has 0 fully saturated rings. The first-order chi connectivity index (χ1) is 8.68. The molecule has 1 rings (SSSR count). The van der Waals surface area contributed by atoms with Crippen molar-refractivity contribution in [3.05, 3.63) is 24.3 Å². The van der Waals surface area contributed by atoms with Gasteiger partial charge in [0.15, 0.2) is 0 Å². The van der Waals surface area contributed by atoms with E-state index in [2.05, 4.69) is 0 Å². The summed E-state index contributed by atoms with van der Waals surface area (Å²) >= 11 is 0. The zero-order chi connectivity index (χ0) is 14.7. The highest BCUT2D eigenvalue weighted by Crippen LogP contribution is 2.19. The molecule has 0 aliphatic carbocycles. The minimum absolute atomic E-state index is 0.0457. The summed E-state index contributed by atoms with van der Waals surface area (Å²) in [7, 11) is -5.69. The third kappa shape index (κ3) is 4.19. The van der Waals surface area contributed by atoms with Crippen molar-refractivity contribution in [1.29, 1.82) is 0 Å². The van der Waals surface area contributed by atoms with E-state index in [1.165, 1.54) is 31.3 Å². The molecule has 0 saturated heterocycles. The van der Waals surface area contributed by atoms with Crippen LogP contribution >= 0.6 is 0 Å². The molecule has 0 aromatic heterocycles. The second-order valence-electron chi connectivity index (χ2n) is 4.18. The molecule has 0 spiro atoms. The molecular weight excluding hydrogens is 288 g/mol. The normalized spacial score (nSPS) is 12.4. The quantitative estimate of drug-likeness (QED) is 0.844. The van der Waals surface area contributed by atoms with Gasteiger partial charge in [0, 0.05) is 7.05 Å². The van der Waals surface area contributed by atoms with Crippen LogP contribution in [0.15, 0.2) is 29.2 Å². The lowest BCUT2D eigenvalue weighted by atomic mass is 10.3. The van der Waals surface area contributed by atoms with Crippen LogP contribution in [-0.2, 0) is 20.0 Å². The highest BCUT2D eigenvalue weighted by Gasteiger charge is 2.18. The van der Waals surface area contributed by atoms with Gasteiger partial charge in [-0.05, 0) is 30.7 Å². The number of benzene rings is 1. The minimum Gasteiger partial charge on any atom is -0.273 e. The molecule has 1 aromatic carbocycles. The van der Waals surface area contributed by atoms with Gasteiger partial charge in [-0.15, -0.1) is 0 Å². The fourth-order valence-electron chi connectivity index (χ4n) is 1.47. The molecule has 0 bridgehead atoms. The zero-order valence-corrected chi connectivity index (χ0v) is 12.5. The predicted molar refractivity (Wildman–Crippen MR) is 74.9 cm³/mol. The first-order valence-corrected chi connectivity index (χ1v) is 8.93. The summed E-state index contributed by atoms with van der Waals surface area (Å²) in [4.78, 5) is -0.0457. The predicted octanol–water partition coefficient (Wildman–Crippen LogP) is 0.900. The molecule has 19 heavy (non-hydrogen) atoms. The number of rotatable bonds is 6. The van der Waals surface area contributed by atoms with E-state index >= 15 is 0 Å². The van der Waals surface area contributed by atoms with Gasteiger partial charge in [-0.1, -0.05) is 13.3 Å². The van der Waals surface area contributed by atoms with Crippen LogP contribution in [0.1, 0.15) is 19.8 Å². The van der Waals surface area contributed by atoms with Crippen molar-refractivity contribution in [3.8, 4) is 0 Å². The SMILES string of the molecule is CCCCS(=O)(=O)N(C)c1ccc(S(N)(=O)=O)cc1. The number of anilines is 1. The fourth-order valence-corrected chi connectivity index (χ4v) is 3.36. The van der Waals surface area contributed by atoms with Crippen LogP contribution in [-0.4, -0.2) is 29.6 Å². The third-order valence-corrected chi connectivity index (χ3v) is 5.48. The number of hydrogen-bond donors (Lipinski definition) is 1. The van der Waals surface area contributed by atoms with Gasteiger partial charge in [0.05, 0.1) is 16.3 Å². The van der Waals surface area contributed by atoms with Crippen molar-refractivity contribution < 1.29 is 16.8 Å². The number of unbranched alkanes of at least 4 members (excludes halogenated alkanes) is 1. The minimum atomic E-state index is -3.76. The smallest absolute Gasteiger partial charge is 0.238 e. The maximum Gasteiger partial charge on any atom is 0.238 e. The lowest BCUT2D eigenvalue weighted by molar-refractivity contribution is 0.591. The molecule has 6 nitrogen and oxygen atoms in total. The maximum atomic E-state index is 12.0. The van der Waals surface area contributed by atoms with E-state index in [0.717, 1.165) is 10.7 Å². The van der Waals surface area contributed by atoms with Crippen LogP contribution in [0.3, 0.4) is 0 Å². The Hall–Kier alpha value is -1.12. The number of sulfonamides is 2. The van der Waals surface area contributed by atoms with Crippen molar-refractivity contribution >= 4 is 25.7 Å². The molecule has 0 aliphatic rings. The van der Waals surface area contributed by atoms with Crippen molar-refractivity contribution in [1.82, 2.24) is 0 Å². The Bertz CT molecular complexity index is 621. The molecule has 0 unspecified atom stereocenters. The van der Waals surface area contributed by atoms with Gasteiger partial charge in [0.1, 0.15) is 0 Å². The van der Waals surface area contributed by atoms with Gasteiger partial charge in [0.25, 0.3) is 0 Å². The maximum absolute atomic E-state index is 12.0. The molecule has 0 amide bonds. The van der Waals surface area contributed by atoms with E-state index < -0.39 is 20.0 Å². The number of hydrogen-bond acceptors (Lipinski definition) is 4. The van der Waals surface area contributed by atoms with Gasteiger partial charge in [0.2, 0.25) is 20.0 Å². The summed E-state index contributed by atoms with van der Waals surface area (Å²) in [6.45, 7) is 1.91. The van der Waals surface area contributed by atoms with E-state index in [1.54, 1.807) is 0 Å². The summed E-state index contributed by atoms with van der Waals surface area (Å²) in [5, 5.41) is 4.97. The van der Waals surface area contributed by atoms with Crippen LogP contribution in [0.2, 0.25) is 0 Å². The fraction of sp³-hybridized carbons (Fsp3) is 0.455. The Labute approximate surface area is 114 Å². The molecule has 8 heteroatoms. The summed E-state index contributed by atoms with van der Waals surface area (Å²) in [5.74, 6) is 0.0664. The molecule has 1 aromatic rings. The molecule has 108 valence electrons. The van der Waals surface area contributed by atoms with Gasteiger partial charge < -0.3 is 0 Å². The Morgan fingerprint density at radius 2 is 1.63 bits per heavy atom. The van der Waals surface area contributed by atoms with Crippen molar-refractivity contribution in [3.63, 3.8) is 0 Å². The summed E-state index contributed by atoms with van der Waals surface area (Å²) in [5.41, 5.74) is 0.406. The summed E-state index contributed by atoms with van der Waals surface area (Å²) in [6, 6.07) is 5.42. The molecule has 0 saturated carbocycles. The number of primary sulfonamides is 1. The van der Waals surface area contributed by atoms with Crippen LogP contribution < -0.4 is 9.44 Å². The van der Waals surface area contributed by atoms with E-state index in [1.807, 2.05) is 6.92 Å². The number of nitrogens with two attached hydrogens (primary N) is 1. The Balaban J connectivity index is 2.99. The average molecular weight is 306 g/mol. The van der Waals surface area contributed by atoms with Crippen LogP contribution in [0.5, 0.6) is 0 Å². The molecular formula is C11H18N2O4S2. The highest BCUT2D eigenvalue weighted by atomic mass is 32.2. The van der Waals surface area contributed by atoms with Crippen molar-refractivity contribution in [2.75, 3.05) is 17.1 Å².